The van der Waals surface area contributed by atoms with Crippen LogP contribution in [0.4, 0.5) is 0 Å². The summed E-state index contributed by atoms with van der Waals surface area (Å²) in [4.78, 5) is 22.9. The molecular weight excluding hydrogens is 252 g/mol. The van der Waals surface area contributed by atoms with Gasteiger partial charge in [-0.3, -0.25) is 0 Å². The van der Waals surface area contributed by atoms with Crippen molar-refractivity contribution in [3.8, 4) is 0 Å². The number of hydrogen-bond donors (Lipinski definition) is 1. The van der Waals surface area contributed by atoms with E-state index in [9.17, 15) is 9.59 Å². The molecule has 1 aromatic carbocycles. The number of benzene rings is 1. The molecule has 0 saturated carbocycles. The maximum atomic E-state index is 11.9. The molecule has 1 aromatic rings. The average Bonchev–Trinajstić information content (AvgIpc) is 2.68. The van der Waals surface area contributed by atoms with Gasteiger partial charge in [-0.15, -0.1) is 0 Å². The van der Waals surface area contributed by atoms with Crippen molar-refractivity contribution in [3.05, 3.63) is 35.4 Å². The van der Waals surface area contributed by atoms with Crippen molar-refractivity contribution in [2.75, 3.05) is 6.61 Å². The van der Waals surface area contributed by atoms with Gasteiger partial charge in [0.25, 0.3) is 0 Å². The number of aromatic carboxylic acids is 1. The van der Waals surface area contributed by atoms with Gasteiger partial charge >= 0.3 is 11.9 Å². The highest BCUT2D eigenvalue weighted by molar-refractivity contribution is 6.02. The molecule has 19 heavy (non-hydrogen) atoms. The Labute approximate surface area is 109 Å². The zero-order valence-electron chi connectivity index (χ0n) is 10.6. The van der Waals surface area contributed by atoms with Gasteiger partial charge in [0, 0.05) is 0 Å². The zero-order chi connectivity index (χ0) is 14.0. The Morgan fingerprint density at radius 1 is 1.32 bits per heavy atom. The van der Waals surface area contributed by atoms with Crippen LogP contribution in [0.5, 0.6) is 0 Å². The fourth-order valence-electron chi connectivity index (χ4n) is 1.74. The van der Waals surface area contributed by atoms with Gasteiger partial charge in [-0.2, -0.15) is 0 Å². The van der Waals surface area contributed by atoms with Crippen LogP contribution in [0, 0.1) is 0 Å². The van der Waals surface area contributed by atoms with Crippen molar-refractivity contribution >= 4 is 11.9 Å². The molecule has 1 aliphatic rings. The summed E-state index contributed by atoms with van der Waals surface area (Å²) in [5.41, 5.74) is -0.117. The highest BCUT2D eigenvalue weighted by atomic mass is 16.8. The summed E-state index contributed by atoms with van der Waals surface area (Å²) >= 11 is 0. The van der Waals surface area contributed by atoms with Crippen LogP contribution in [0.25, 0.3) is 0 Å². The number of esters is 1. The van der Waals surface area contributed by atoms with Crippen LogP contribution in [-0.2, 0) is 14.2 Å². The van der Waals surface area contributed by atoms with Crippen molar-refractivity contribution in [1.29, 1.82) is 0 Å². The second kappa shape index (κ2) is 4.99. The van der Waals surface area contributed by atoms with Crippen molar-refractivity contribution in [1.82, 2.24) is 0 Å². The fraction of sp³-hybridized carbons (Fsp3) is 0.385. The molecule has 102 valence electrons. The molecular formula is C13H14O6. The minimum Gasteiger partial charge on any atom is -0.478 e. The quantitative estimate of drug-likeness (QED) is 0.838. The summed E-state index contributed by atoms with van der Waals surface area (Å²) in [7, 11) is 0. The van der Waals surface area contributed by atoms with E-state index in [1.165, 1.54) is 12.1 Å². The van der Waals surface area contributed by atoms with Gasteiger partial charge in [-0.25, -0.2) is 9.59 Å². The molecule has 1 N–H and O–H groups in total. The van der Waals surface area contributed by atoms with E-state index in [1.54, 1.807) is 26.0 Å². The van der Waals surface area contributed by atoms with Crippen LogP contribution >= 0.6 is 0 Å². The lowest BCUT2D eigenvalue weighted by atomic mass is 10.1. The highest BCUT2D eigenvalue weighted by Gasteiger charge is 2.35. The molecule has 6 heteroatoms. The van der Waals surface area contributed by atoms with Crippen LogP contribution in [0.1, 0.15) is 34.6 Å². The number of carboxylic acids is 1. The van der Waals surface area contributed by atoms with E-state index in [0.29, 0.717) is 0 Å². The molecule has 0 aromatic heterocycles. The molecule has 0 spiro atoms. The summed E-state index contributed by atoms with van der Waals surface area (Å²) in [6.45, 7) is 3.52. The van der Waals surface area contributed by atoms with Crippen LogP contribution < -0.4 is 0 Å². The second-order valence-corrected chi connectivity index (χ2v) is 4.51. The molecule has 1 fully saturated rings. The topological polar surface area (TPSA) is 82.1 Å². The van der Waals surface area contributed by atoms with Crippen molar-refractivity contribution in [2.24, 2.45) is 0 Å². The molecule has 1 saturated heterocycles. The Balaban J connectivity index is 2.11. The lowest BCUT2D eigenvalue weighted by Crippen LogP contribution is -2.25. The lowest BCUT2D eigenvalue weighted by molar-refractivity contribution is -0.175. The molecule has 6 nitrogen and oxygen atoms in total. The minimum atomic E-state index is -1.18. The van der Waals surface area contributed by atoms with Crippen molar-refractivity contribution < 1.29 is 28.9 Å². The minimum absolute atomic E-state index is 0.0108. The van der Waals surface area contributed by atoms with E-state index in [2.05, 4.69) is 0 Å². The second-order valence-electron chi connectivity index (χ2n) is 4.51. The molecule has 0 unspecified atom stereocenters. The van der Waals surface area contributed by atoms with Crippen molar-refractivity contribution in [3.63, 3.8) is 0 Å². The highest BCUT2D eigenvalue weighted by Crippen LogP contribution is 2.24. The van der Waals surface area contributed by atoms with Crippen molar-refractivity contribution in [2.45, 2.75) is 25.9 Å². The molecule has 0 bridgehead atoms. The molecule has 2 rings (SSSR count). The SMILES string of the molecule is CC1(C)OC[C@H](OC(=O)c2ccccc2C(=O)O)O1. The summed E-state index contributed by atoms with van der Waals surface area (Å²) in [6.07, 6.45) is -0.829. The van der Waals surface area contributed by atoms with Crippen LogP contribution in [0.15, 0.2) is 24.3 Å². The fourth-order valence-corrected chi connectivity index (χ4v) is 1.74. The van der Waals surface area contributed by atoms with Gasteiger partial charge in [-0.1, -0.05) is 12.1 Å². The normalized spacial score (nSPS) is 21.1. The average molecular weight is 266 g/mol. The van der Waals surface area contributed by atoms with Gasteiger partial charge in [-0.05, 0) is 26.0 Å². The number of rotatable bonds is 3. The zero-order valence-corrected chi connectivity index (χ0v) is 10.6. The largest absolute Gasteiger partial charge is 0.478 e. The smallest absolute Gasteiger partial charge is 0.341 e. The predicted octanol–water partition coefficient (Wildman–Crippen LogP) is 1.65. The Kier molecular flexibility index (Phi) is 3.55. The van der Waals surface area contributed by atoms with Gasteiger partial charge < -0.3 is 19.3 Å². The first-order valence-electron chi connectivity index (χ1n) is 5.74. The molecule has 1 heterocycles. The number of carbonyl (C=O) groups excluding carboxylic acids is 1. The summed E-state index contributed by atoms with van der Waals surface area (Å²) in [5, 5.41) is 8.99. The third-order valence-corrected chi connectivity index (χ3v) is 2.60. The third kappa shape index (κ3) is 3.10. The van der Waals surface area contributed by atoms with E-state index in [1.807, 2.05) is 0 Å². The van der Waals surface area contributed by atoms with Gasteiger partial charge in [0.15, 0.2) is 5.79 Å². The number of ether oxygens (including phenoxy) is 3. The lowest BCUT2D eigenvalue weighted by Gasteiger charge is -2.17. The molecule has 1 atom stereocenters. The monoisotopic (exact) mass is 266 g/mol. The van der Waals surface area contributed by atoms with Gasteiger partial charge in [0.1, 0.15) is 6.61 Å². The van der Waals surface area contributed by atoms with Crippen LogP contribution in [0.2, 0.25) is 0 Å². The number of hydrogen-bond acceptors (Lipinski definition) is 5. The molecule has 0 aliphatic carbocycles. The standard InChI is InChI=1S/C13H14O6/c1-13(2)17-7-10(19-13)18-12(16)9-6-4-3-5-8(9)11(14)15/h3-6,10H,7H2,1-2H3,(H,14,15)/t10-/m1/s1. The van der Waals surface area contributed by atoms with E-state index in [-0.39, 0.29) is 17.7 Å². The van der Waals surface area contributed by atoms with E-state index >= 15 is 0 Å². The first-order valence-corrected chi connectivity index (χ1v) is 5.74. The first kappa shape index (κ1) is 13.5. The Morgan fingerprint density at radius 3 is 2.47 bits per heavy atom. The molecule has 0 amide bonds. The summed E-state index contributed by atoms with van der Waals surface area (Å²) < 4.78 is 15.7. The maximum absolute atomic E-state index is 11.9. The predicted molar refractivity (Wildman–Crippen MR) is 63.7 cm³/mol. The molecule has 1 aliphatic heterocycles. The molecule has 0 radical (unpaired) electrons. The summed E-state index contributed by atoms with van der Waals surface area (Å²) in [5.74, 6) is -2.74. The number of carboxylic acid groups (broad SMARTS) is 1. The first-order chi connectivity index (χ1) is 8.89. The number of carbonyl (C=O) groups is 2. The van der Waals surface area contributed by atoms with E-state index < -0.39 is 24.0 Å². The Morgan fingerprint density at radius 2 is 1.95 bits per heavy atom. The third-order valence-electron chi connectivity index (χ3n) is 2.60. The Bertz CT molecular complexity index is 508. The van der Waals surface area contributed by atoms with E-state index in [0.717, 1.165) is 0 Å². The summed E-state index contributed by atoms with van der Waals surface area (Å²) in [6, 6.07) is 5.85. The van der Waals surface area contributed by atoms with E-state index in [4.69, 9.17) is 19.3 Å². The maximum Gasteiger partial charge on any atom is 0.341 e. The Hall–Kier alpha value is -1.92. The van der Waals surface area contributed by atoms with Gasteiger partial charge in [0.05, 0.1) is 11.1 Å². The van der Waals surface area contributed by atoms with Crippen LogP contribution in [-0.4, -0.2) is 35.7 Å². The van der Waals surface area contributed by atoms with Crippen LogP contribution in [0.3, 0.4) is 0 Å². The van der Waals surface area contributed by atoms with Gasteiger partial charge in [0.2, 0.25) is 6.29 Å².